The molecule has 0 fully saturated rings. The van der Waals surface area contributed by atoms with Gasteiger partial charge in [0.25, 0.3) is 5.69 Å². The number of anilines is 1. The Labute approximate surface area is 111 Å². The summed E-state index contributed by atoms with van der Waals surface area (Å²) in [5, 5.41) is 11.2. The van der Waals surface area contributed by atoms with E-state index < -0.39 is 0 Å². The zero-order chi connectivity index (χ0) is 13.6. The lowest BCUT2D eigenvalue weighted by molar-refractivity contribution is -0.384. The number of rotatable bonds is 2. The largest absolute Gasteiger partial charge is 0.372 e. The van der Waals surface area contributed by atoms with Gasteiger partial charge in [-0.2, -0.15) is 0 Å². The number of hydrogen-bond donors (Lipinski definition) is 0. The number of nitrogens with zero attached hydrogens (tertiary/aromatic N) is 2. The fourth-order valence-corrected chi connectivity index (χ4v) is 2.66. The van der Waals surface area contributed by atoms with Crippen molar-refractivity contribution < 1.29 is 4.92 Å². The zero-order valence-corrected chi connectivity index (χ0v) is 10.9. The highest BCUT2D eigenvalue weighted by molar-refractivity contribution is 5.82. The lowest BCUT2D eigenvalue weighted by Gasteiger charge is -2.14. The van der Waals surface area contributed by atoms with Crippen molar-refractivity contribution in [1.82, 2.24) is 0 Å². The Morgan fingerprint density at radius 3 is 2.53 bits per heavy atom. The molecule has 0 N–H and O–H groups in total. The molecule has 0 saturated carbocycles. The molecule has 0 aliphatic heterocycles. The molecular weight excluding hydrogens is 240 g/mol. The van der Waals surface area contributed by atoms with Crippen molar-refractivity contribution in [3.05, 3.63) is 57.6 Å². The first-order valence-corrected chi connectivity index (χ1v) is 6.15. The summed E-state index contributed by atoms with van der Waals surface area (Å²) < 4.78 is 0. The molecule has 0 saturated heterocycles. The maximum Gasteiger partial charge on any atom is 0.293 e. The van der Waals surface area contributed by atoms with Gasteiger partial charge in [-0.25, -0.2) is 0 Å². The van der Waals surface area contributed by atoms with Crippen molar-refractivity contribution in [3.63, 3.8) is 0 Å². The van der Waals surface area contributed by atoms with Crippen LogP contribution in [0, 0.1) is 10.1 Å². The number of fused-ring (bicyclic) bond motifs is 3. The van der Waals surface area contributed by atoms with Gasteiger partial charge in [0, 0.05) is 20.2 Å². The summed E-state index contributed by atoms with van der Waals surface area (Å²) in [7, 11) is 3.66. The maximum atomic E-state index is 11.2. The Morgan fingerprint density at radius 2 is 1.84 bits per heavy atom. The third kappa shape index (κ3) is 1.76. The van der Waals surface area contributed by atoms with Crippen LogP contribution in [0.4, 0.5) is 11.4 Å². The maximum absolute atomic E-state index is 11.2. The van der Waals surface area contributed by atoms with E-state index in [1.165, 1.54) is 5.56 Å². The standard InChI is InChI=1S/C15H14N2O2/c1-16(2)14-8-11-7-10-5-3-4-6-12(10)13(11)9-15(14)17(18)19/h3-6,8-9H,7H2,1-2H3. The molecule has 1 aliphatic rings. The van der Waals surface area contributed by atoms with Crippen LogP contribution in [0.1, 0.15) is 11.1 Å². The Hall–Kier alpha value is -2.36. The van der Waals surface area contributed by atoms with Gasteiger partial charge >= 0.3 is 0 Å². The van der Waals surface area contributed by atoms with E-state index >= 15 is 0 Å². The lowest BCUT2D eigenvalue weighted by atomic mass is 10.0. The first-order valence-electron chi connectivity index (χ1n) is 6.15. The quantitative estimate of drug-likeness (QED) is 0.521. The van der Waals surface area contributed by atoms with Crippen LogP contribution in [0.5, 0.6) is 0 Å². The van der Waals surface area contributed by atoms with Crippen molar-refractivity contribution in [2.24, 2.45) is 0 Å². The van der Waals surface area contributed by atoms with Crippen molar-refractivity contribution >= 4 is 11.4 Å². The van der Waals surface area contributed by atoms with Crippen molar-refractivity contribution in [1.29, 1.82) is 0 Å². The van der Waals surface area contributed by atoms with Gasteiger partial charge in [0.05, 0.1) is 4.92 Å². The molecule has 0 spiro atoms. The molecule has 0 amide bonds. The van der Waals surface area contributed by atoms with Gasteiger partial charge in [-0.1, -0.05) is 24.3 Å². The van der Waals surface area contributed by atoms with Crippen molar-refractivity contribution in [2.45, 2.75) is 6.42 Å². The second-order valence-electron chi connectivity index (χ2n) is 4.98. The highest BCUT2D eigenvalue weighted by Crippen LogP contribution is 2.42. The molecule has 19 heavy (non-hydrogen) atoms. The van der Waals surface area contributed by atoms with Crippen LogP contribution in [0.3, 0.4) is 0 Å². The van der Waals surface area contributed by atoms with Crippen molar-refractivity contribution in [2.75, 3.05) is 19.0 Å². The fraction of sp³-hybridized carbons (Fsp3) is 0.200. The summed E-state index contributed by atoms with van der Waals surface area (Å²) in [5.74, 6) is 0. The van der Waals surface area contributed by atoms with Crippen LogP contribution in [0.2, 0.25) is 0 Å². The van der Waals surface area contributed by atoms with Gasteiger partial charge in [0.1, 0.15) is 5.69 Å². The topological polar surface area (TPSA) is 46.4 Å². The van der Waals surface area contributed by atoms with E-state index in [0.29, 0.717) is 5.69 Å². The Morgan fingerprint density at radius 1 is 1.11 bits per heavy atom. The molecule has 4 nitrogen and oxygen atoms in total. The molecule has 4 heteroatoms. The van der Waals surface area contributed by atoms with E-state index in [0.717, 1.165) is 23.1 Å². The number of nitro benzene ring substituents is 1. The monoisotopic (exact) mass is 254 g/mol. The van der Waals surface area contributed by atoms with E-state index in [9.17, 15) is 10.1 Å². The van der Waals surface area contributed by atoms with E-state index in [2.05, 4.69) is 6.07 Å². The number of nitro groups is 1. The minimum absolute atomic E-state index is 0.167. The molecular formula is C15H14N2O2. The van der Waals surface area contributed by atoms with Gasteiger partial charge in [0.2, 0.25) is 0 Å². The third-order valence-corrected chi connectivity index (χ3v) is 3.57. The molecule has 0 atom stereocenters. The van der Waals surface area contributed by atoms with E-state index in [1.54, 1.807) is 11.0 Å². The lowest BCUT2D eigenvalue weighted by Crippen LogP contribution is -2.11. The fourth-order valence-electron chi connectivity index (χ4n) is 2.66. The van der Waals surface area contributed by atoms with Gasteiger partial charge in [0.15, 0.2) is 0 Å². The molecule has 0 unspecified atom stereocenters. The van der Waals surface area contributed by atoms with Gasteiger partial charge in [-0.3, -0.25) is 10.1 Å². The van der Waals surface area contributed by atoms with Gasteiger partial charge in [-0.15, -0.1) is 0 Å². The van der Waals surface area contributed by atoms with Crippen LogP contribution in [-0.4, -0.2) is 19.0 Å². The minimum Gasteiger partial charge on any atom is -0.372 e. The summed E-state index contributed by atoms with van der Waals surface area (Å²) >= 11 is 0. The molecule has 0 heterocycles. The Bertz CT molecular complexity index is 678. The molecule has 96 valence electrons. The van der Waals surface area contributed by atoms with E-state index in [4.69, 9.17) is 0 Å². The summed E-state index contributed by atoms with van der Waals surface area (Å²) in [6.45, 7) is 0. The number of hydrogen-bond acceptors (Lipinski definition) is 3. The normalized spacial score (nSPS) is 11.9. The van der Waals surface area contributed by atoms with Crippen LogP contribution in [0.15, 0.2) is 36.4 Å². The molecule has 2 aromatic rings. The molecule has 0 radical (unpaired) electrons. The number of benzene rings is 2. The Kier molecular flexibility index (Phi) is 2.52. The zero-order valence-electron chi connectivity index (χ0n) is 10.9. The average molecular weight is 254 g/mol. The molecule has 1 aliphatic carbocycles. The summed E-state index contributed by atoms with van der Waals surface area (Å²) in [5.41, 5.74) is 5.34. The minimum atomic E-state index is -0.309. The third-order valence-electron chi connectivity index (χ3n) is 3.57. The van der Waals surface area contributed by atoms with Gasteiger partial charge in [-0.05, 0) is 34.7 Å². The molecule has 0 bridgehead atoms. The predicted octanol–water partition coefficient (Wildman–Crippen LogP) is 3.23. The second kappa shape index (κ2) is 4.09. The average Bonchev–Trinajstić information content (AvgIpc) is 2.74. The Balaban J connectivity index is 2.24. The summed E-state index contributed by atoms with van der Waals surface area (Å²) in [6.07, 6.45) is 0.852. The highest BCUT2D eigenvalue weighted by atomic mass is 16.6. The first kappa shape index (κ1) is 11.7. The smallest absolute Gasteiger partial charge is 0.293 e. The first-order chi connectivity index (χ1) is 9.08. The molecule has 0 aromatic heterocycles. The van der Waals surface area contributed by atoms with Crippen LogP contribution >= 0.6 is 0 Å². The predicted molar refractivity (Wildman–Crippen MR) is 75.7 cm³/mol. The molecule has 2 aromatic carbocycles. The van der Waals surface area contributed by atoms with E-state index in [-0.39, 0.29) is 10.6 Å². The van der Waals surface area contributed by atoms with Gasteiger partial charge < -0.3 is 4.90 Å². The van der Waals surface area contributed by atoms with E-state index in [1.807, 2.05) is 38.4 Å². The highest BCUT2D eigenvalue weighted by Gasteiger charge is 2.25. The SMILES string of the molecule is CN(C)c1cc2c(cc1[N+](=O)[O-])-c1ccccc1C2. The summed E-state index contributed by atoms with van der Waals surface area (Å²) in [6, 6.07) is 11.7. The second-order valence-corrected chi connectivity index (χ2v) is 4.98. The van der Waals surface area contributed by atoms with Crippen molar-refractivity contribution in [3.8, 4) is 11.1 Å². The molecule has 3 rings (SSSR count). The van der Waals surface area contributed by atoms with Crippen LogP contribution in [0.25, 0.3) is 11.1 Å². The summed E-state index contributed by atoms with van der Waals surface area (Å²) in [4.78, 5) is 12.7. The van der Waals surface area contributed by atoms with Crippen LogP contribution in [-0.2, 0) is 6.42 Å². The van der Waals surface area contributed by atoms with Crippen LogP contribution < -0.4 is 4.90 Å².